The van der Waals surface area contributed by atoms with Crippen molar-refractivity contribution in [3.8, 4) is 16.3 Å². The van der Waals surface area contributed by atoms with Gasteiger partial charge in [-0.1, -0.05) is 12.1 Å². The molecule has 0 spiro atoms. The Morgan fingerprint density at radius 3 is 2.42 bits per heavy atom. The first-order valence-corrected chi connectivity index (χ1v) is 9.97. The van der Waals surface area contributed by atoms with Gasteiger partial charge in [0.1, 0.15) is 17.4 Å². The lowest BCUT2D eigenvalue weighted by atomic mass is 10.1. The highest BCUT2D eigenvalue weighted by atomic mass is 32.1. The Hall–Kier alpha value is -3.40. The van der Waals surface area contributed by atoms with Gasteiger partial charge in [0.15, 0.2) is 6.29 Å². The van der Waals surface area contributed by atoms with Crippen molar-refractivity contribution in [3.63, 3.8) is 0 Å². The highest BCUT2D eigenvalue weighted by Crippen LogP contribution is 2.33. The van der Waals surface area contributed by atoms with Gasteiger partial charge in [-0.15, -0.1) is 16.4 Å². The minimum atomic E-state index is -4.37. The largest absolute Gasteiger partial charge is 0.488 e. The topological polar surface area (TPSA) is 72.8 Å². The highest BCUT2D eigenvalue weighted by molar-refractivity contribution is 7.15. The van der Waals surface area contributed by atoms with E-state index in [2.05, 4.69) is 15.5 Å². The van der Waals surface area contributed by atoms with Crippen molar-refractivity contribution < 1.29 is 27.4 Å². The van der Waals surface area contributed by atoms with Gasteiger partial charge in [0.2, 0.25) is 12.1 Å². The van der Waals surface area contributed by atoms with Gasteiger partial charge in [-0.3, -0.25) is 10.2 Å². The van der Waals surface area contributed by atoms with Gasteiger partial charge in [-0.25, -0.2) is 4.98 Å². The van der Waals surface area contributed by atoms with Crippen molar-refractivity contribution in [2.45, 2.75) is 25.9 Å². The summed E-state index contributed by atoms with van der Waals surface area (Å²) in [4.78, 5) is 16.0. The number of benzene rings is 2. The van der Waals surface area contributed by atoms with Crippen LogP contribution in [0.1, 0.15) is 21.7 Å². The maximum atomic E-state index is 12.7. The molecule has 1 N–H and O–H groups in total. The third kappa shape index (κ3) is 4.69. The maximum absolute atomic E-state index is 12.7. The number of hydrogen-bond donors (Lipinski definition) is 1. The van der Waals surface area contributed by atoms with Gasteiger partial charge < -0.3 is 9.47 Å². The molecule has 6 nitrogen and oxygen atoms in total. The normalized spacial score (nSPS) is 15.7. The summed E-state index contributed by atoms with van der Waals surface area (Å²) in [6.45, 7) is 2.10. The Morgan fingerprint density at radius 1 is 1.13 bits per heavy atom. The van der Waals surface area contributed by atoms with Crippen molar-refractivity contribution >= 4 is 23.5 Å². The van der Waals surface area contributed by atoms with E-state index in [0.717, 1.165) is 22.7 Å². The summed E-state index contributed by atoms with van der Waals surface area (Å²) in [6, 6.07) is 12.0. The Morgan fingerprint density at radius 2 is 1.81 bits per heavy atom. The van der Waals surface area contributed by atoms with Crippen LogP contribution in [0.4, 0.5) is 13.2 Å². The quantitative estimate of drug-likeness (QED) is 0.563. The van der Waals surface area contributed by atoms with Crippen molar-refractivity contribution in [3.05, 3.63) is 70.2 Å². The van der Waals surface area contributed by atoms with Crippen LogP contribution in [0.2, 0.25) is 0 Å². The number of halogens is 3. The van der Waals surface area contributed by atoms with E-state index in [1.807, 2.05) is 6.92 Å². The molecule has 160 valence electrons. The van der Waals surface area contributed by atoms with E-state index in [4.69, 9.17) is 9.47 Å². The smallest absolute Gasteiger partial charge is 0.416 e. The summed E-state index contributed by atoms with van der Waals surface area (Å²) in [5.41, 5.74) is 3.94. The fourth-order valence-corrected chi connectivity index (χ4v) is 3.80. The Kier molecular flexibility index (Phi) is 5.64. The zero-order valence-corrected chi connectivity index (χ0v) is 17.0. The van der Waals surface area contributed by atoms with Crippen molar-refractivity contribution in [1.82, 2.24) is 10.4 Å². The summed E-state index contributed by atoms with van der Waals surface area (Å²) in [6.07, 6.45) is -4.53. The van der Waals surface area contributed by atoms with Crippen LogP contribution in [0.25, 0.3) is 10.6 Å². The summed E-state index contributed by atoms with van der Waals surface area (Å²) in [5.74, 6) is 0.939. The van der Waals surface area contributed by atoms with Crippen LogP contribution in [0.5, 0.6) is 5.75 Å². The van der Waals surface area contributed by atoms with Crippen LogP contribution in [0.3, 0.4) is 0 Å². The van der Waals surface area contributed by atoms with E-state index >= 15 is 0 Å². The third-order valence-corrected chi connectivity index (χ3v) is 5.66. The van der Waals surface area contributed by atoms with Crippen LogP contribution < -0.4 is 10.2 Å². The van der Waals surface area contributed by atoms with E-state index in [1.54, 1.807) is 24.3 Å². The minimum absolute atomic E-state index is 0.274. The van der Waals surface area contributed by atoms with E-state index in [0.29, 0.717) is 34.1 Å². The fraction of sp³-hybridized carbons (Fsp3) is 0.190. The van der Waals surface area contributed by atoms with Gasteiger partial charge in [0, 0.05) is 11.1 Å². The monoisotopic (exact) mass is 447 g/mol. The number of hydrazone groups is 1. The lowest BCUT2D eigenvalue weighted by Crippen LogP contribution is -2.23. The predicted molar refractivity (Wildman–Crippen MR) is 109 cm³/mol. The second kappa shape index (κ2) is 8.38. The van der Waals surface area contributed by atoms with Crippen molar-refractivity contribution in [2.24, 2.45) is 5.10 Å². The number of aryl methyl sites for hydroxylation is 1. The fourth-order valence-electron chi connectivity index (χ4n) is 2.82. The standard InChI is InChI=1S/C21H16F3N3O3S/c1-12-17(31-20(25-12)14-2-6-15(7-3-14)21(22,23)24)11-29-16-8-4-13(5-9-16)19-27-26-18(10-28)30-19/h2-10,18,26H,11H2,1H3. The molecule has 1 unspecified atom stereocenters. The number of rotatable bonds is 6. The number of alkyl halides is 3. The van der Waals surface area contributed by atoms with Gasteiger partial charge in [-0.05, 0) is 43.3 Å². The number of aromatic nitrogens is 1. The molecule has 0 bridgehead atoms. The number of carbonyl (C=O) groups excluding carboxylic acids is 1. The molecule has 0 saturated heterocycles. The maximum Gasteiger partial charge on any atom is 0.416 e. The first-order chi connectivity index (χ1) is 14.8. The average molecular weight is 447 g/mol. The molecule has 1 atom stereocenters. The third-order valence-electron chi connectivity index (χ3n) is 4.48. The molecule has 1 aromatic heterocycles. The minimum Gasteiger partial charge on any atom is -0.488 e. The lowest BCUT2D eigenvalue weighted by molar-refractivity contribution is -0.137. The molecule has 2 aromatic carbocycles. The van der Waals surface area contributed by atoms with Gasteiger partial charge in [0.05, 0.1) is 16.1 Å². The van der Waals surface area contributed by atoms with Crippen LogP contribution >= 0.6 is 11.3 Å². The zero-order chi connectivity index (χ0) is 22.0. The Labute approximate surface area is 179 Å². The summed E-state index contributed by atoms with van der Waals surface area (Å²) in [5, 5.41) is 4.58. The molecule has 0 amide bonds. The number of aldehydes is 1. The molecule has 3 aromatic rings. The van der Waals surface area contributed by atoms with E-state index < -0.39 is 18.0 Å². The van der Waals surface area contributed by atoms with Crippen molar-refractivity contribution in [1.29, 1.82) is 0 Å². The van der Waals surface area contributed by atoms with Crippen LogP contribution in [0, 0.1) is 6.92 Å². The molecule has 31 heavy (non-hydrogen) atoms. The van der Waals surface area contributed by atoms with Crippen LogP contribution in [-0.2, 0) is 22.3 Å². The second-order valence-electron chi connectivity index (χ2n) is 6.64. The number of carbonyl (C=O) groups is 1. The molecule has 2 heterocycles. The molecule has 10 heteroatoms. The first-order valence-electron chi connectivity index (χ1n) is 9.16. The Bertz CT molecular complexity index is 1110. The SMILES string of the molecule is Cc1nc(-c2ccc(C(F)(F)F)cc2)sc1COc1ccc(C2=NNC(C=O)O2)cc1. The second-order valence-corrected chi connectivity index (χ2v) is 7.72. The zero-order valence-electron chi connectivity index (χ0n) is 16.1. The molecule has 0 saturated carbocycles. The summed E-state index contributed by atoms with van der Waals surface area (Å²) < 4.78 is 49.3. The number of ether oxygens (including phenoxy) is 2. The lowest BCUT2D eigenvalue weighted by Gasteiger charge is -2.07. The molecule has 0 radical (unpaired) electrons. The Balaban J connectivity index is 1.40. The van der Waals surface area contributed by atoms with Gasteiger partial charge >= 0.3 is 6.18 Å². The molecule has 1 aliphatic rings. The van der Waals surface area contributed by atoms with E-state index in [1.165, 1.54) is 23.5 Å². The molecule has 0 fully saturated rings. The molecule has 0 aliphatic carbocycles. The van der Waals surface area contributed by atoms with Crippen molar-refractivity contribution in [2.75, 3.05) is 0 Å². The molecule has 4 rings (SSSR count). The number of hydrogen-bond acceptors (Lipinski definition) is 7. The van der Waals surface area contributed by atoms with Crippen LogP contribution in [-0.4, -0.2) is 23.4 Å². The van der Waals surface area contributed by atoms with Crippen LogP contribution in [0.15, 0.2) is 53.6 Å². The number of thiazole rings is 1. The molecular weight excluding hydrogens is 431 g/mol. The highest BCUT2D eigenvalue weighted by Gasteiger charge is 2.30. The summed E-state index contributed by atoms with van der Waals surface area (Å²) in [7, 11) is 0. The predicted octanol–water partition coefficient (Wildman–Crippen LogP) is 4.52. The average Bonchev–Trinajstić information content (AvgIpc) is 3.39. The van der Waals surface area contributed by atoms with Gasteiger partial charge in [-0.2, -0.15) is 13.2 Å². The van der Waals surface area contributed by atoms with E-state index in [9.17, 15) is 18.0 Å². The summed E-state index contributed by atoms with van der Waals surface area (Å²) >= 11 is 1.37. The number of nitrogens with zero attached hydrogens (tertiary/aromatic N) is 2. The van der Waals surface area contributed by atoms with Gasteiger partial charge in [0.25, 0.3) is 0 Å². The molecule has 1 aliphatic heterocycles. The van der Waals surface area contributed by atoms with E-state index in [-0.39, 0.29) is 6.61 Å². The first kappa shape index (κ1) is 20.9. The molecular formula is C21H16F3N3O3S. The number of nitrogens with one attached hydrogen (secondary N) is 1.